The molecule has 3 atom stereocenters. The first-order valence-electron chi connectivity index (χ1n) is 10.2. The van der Waals surface area contributed by atoms with Crippen molar-refractivity contribution in [3.63, 3.8) is 0 Å². The Balaban J connectivity index is 1.25. The predicted octanol–water partition coefficient (Wildman–Crippen LogP) is 1.82. The molecular formula is C21H36N3O2+. The Bertz CT molecular complexity index is 635. The molecule has 1 fully saturated rings. The van der Waals surface area contributed by atoms with Crippen molar-refractivity contribution >= 4 is 0 Å². The molecule has 5 nitrogen and oxygen atoms in total. The van der Waals surface area contributed by atoms with Crippen LogP contribution in [0.3, 0.4) is 0 Å². The number of aliphatic hydroxyl groups is 1. The summed E-state index contributed by atoms with van der Waals surface area (Å²) in [5.41, 5.74) is 4.20. The maximum atomic E-state index is 10.1. The van der Waals surface area contributed by atoms with Crippen LogP contribution in [0.4, 0.5) is 0 Å². The van der Waals surface area contributed by atoms with Crippen molar-refractivity contribution in [1.82, 2.24) is 9.78 Å². The molecule has 0 spiro atoms. The van der Waals surface area contributed by atoms with Gasteiger partial charge in [-0.15, -0.1) is 0 Å². The maximum absolute atomic E-state index is 10.1. The third-order valence-corrected chi connectivity index (χ3v) is 6.48. The highest BCUT2D eigenvalue weighted by Gasteiger charge is 2.50. The molecule has 0 aliphatic heterocycles. The minimum atomic E-state index is -0.393. The lowest BCUT2D eigenvalue weighted by Crippen LogP contribution is -2.86. The van der Waals surface area contributed by atoms with Gasteiger partial charge in [0.2, 0.25) is 0 Å². The molecule has 3 aliphatic rings. The summed E-state index contributed by atoms with van der Waals surface area (Å²) >= 11 is 0. The number of aliphatic hydroxyl groups excluding tert-OH is 1. The number of allylic oxidation sites excluding steroid dienone is 1. The molecule has 3 aliphatic carbocycles. The maximum Gasteiger partial charge on any atom is 0.126 e. The molecular weight excluding hydrogens is 326 g/mol. The molecule has 1 heterocycles. The highest BCUT2D eigenvalue weighted by atomic mass is 16.5. The molecule has 0 amide bonds. The summed E-state index contributed by atoms with van der Waals surface area (Å²) in [7, 11) is 0. The molecule has 1 aromatic heterocycles. The number of nitrogens with two attached hydrogens (primary N) is 1. The molecule has 2 bridgehead atoms. The second-order valence-corrected chi connectivity index (χ2v) is 8.81. The van der Waals surface area contributed by atoms with Crippen molar-refractivity contribution in [3.05, 3.63) is 29.1 Å². The molecule has 3 N–H and O–H groups in total. The molecule has 0 radical (unpaired) electrons. The zero-order chi connectivity index (χ0) is 18.7. The average Bonchev–Trinajstić information content (AvgIpc) is 2.92. The van der Waals surface area contributed by atoms with Crippen molar-refractivity contribution in [2.75, 3.05) is 26.3 Å². The lowest BCUT2D eigenvalue weighted by molar-refractivity contribution is -0.661. The molecule has 1 aromatic rings. The fourth-order valence-corrected chi connectivity index (χ4v) is 4.62. The molecule has 0 aromatic carbocycles. The van der Waals surface area contributed by atoms with E-state index < -0.39 is 6.10 Å². The number of nitrogens with zero attached hydrogens (tertiary/aromatic N) is 2. The van der Waals surface area contributed by atoms with Gasteiger partial charge in [-0.1, -0.05) is 19.9 Å². The lowest BCUT2D eigenvalue weighted by atomic mass is 9.49. The fourth-order valence-electron chi connectivity index (χ4n) is 4.62. The van der Waals surface area contributed by atoms with Gasteiger partial charge in [-0.3, -0.25) is 4.68 Å². The van der Waals surface area contributed by atoms with E-state index >= 15 is 0 Å². The van der Waals surface area contributed by atoms with Crippen LogP contribution in [0.1, 0.15) is 44.5 Å². The third kappa shape index (κ3) is 4.38. The summed E-state index contributed by atoms with van der Waals surface area (Å²) in [6.07, 6.45) is 5.57. The number of quaternary nitrogens is 1. The SMILES string of the molecule is Cc1cc(C)n(CCC[NH2+]C[C@H](O)COCC2=CC[C@H]3C[C@@H]2C3(C)C)n1. The van der Waals surface area contributed by atoms with Crippen LogP contribution in [0, 0.1) is 31.1 Å². The smallest absolute Gasteiger partial charge is 0.126 e. The Morgan fingerprint density at radius 2 is 2.23 bits per heavy atom. The monoisotopic (exact) mass is 362 g/mol. The summed E-state index contributed by atoms with van der Waals surface area (Å²) in [5.74, 6) is 1.56. The first-order chi connectivity index (χ1) is 12.4. The van der Waals surface area contributed by atoms with Gasteiger partial charge in [0, 0.05) is 18.7 Å². The molecule has 0 saturated heterocycles. The largest absolute Gasteiger partial charge is 0.385 e. The van der Waals surface area contributed by atoms with E-state index in [-0.39, 0.29) is 0 Å². The molecule has 5 heteroatoms. The van der Waals surface area contributed by atoms with Crippen molar-refractivity contribution in [1.29, 1.82) is 0 Å². The number of aromatic nitrogens is 2. The minimum absolute atomic E-state index is 0.393. The lowest BCUT2D eigenvalue weighted by Gasteiger charge is -2.56. The van der Waals surface area contributed by atoms with E-state index in [0.29, 0.717) is 31.1 Å². The normalized spacial score (nSPS) is 24.9. The summed E-state index contributed by atoms with van der Waals surface area (Å²) in [6, 6.07) is 2.11. The van der Waals surface area contributed by atoms with Crippen LogP contribution in [0.25, 0.3) is 0 Å². The van der Waals surface area contributed by atoms with E-state index in [2.05, 4.69) is 48.0 Å². The van der Waals surface area contributed by atoms with Crippen LogP contribution < -0.4 is 5.32 Å². The van der Waals surface area contributed by atoms with Gasteiger partial charge in [-0.2, -0.15) is 5.10 Å². The van der Waals surface area contributed by atoms with E-state index in [1.54, 1.807) is 0 Å². The highest BCUT2D eigenvalue weighted by Crippen LogP contribution is 2.59. The van der Waals surface area contributed by atoms with E-state index in [4.69, 9.17) is 4.74 Å². The van der Waals surface area contributed by atoms with E-state index in [1.165, 1.54) is 24.1 Å². The summed E-state index contributed by atoms with van der Waals surface area (Å²) < 4.78 is 7.88. The number of rotatable bonds is 10. The molecule has 1 saturated carbocycles. The van der Waals surface area contributed by atoms with Crippen molar-refractivity contribution in [3.8, 4) is 0 Å². The number of ether oxygens (including phenoxy) is 1. The van der Waals surface area contributed by atoms with E-state index in [1.807, 2.05) is 6.92 Å². The number of hydrogen-bond donors (Lipinski definition) is 2. The van der Waals surface area contributed by atoms with Gasteiger partial charge in [0.1, 0.15) is 12.6 Å². The van der Waals surface area contributed by atoms with Crippen LogP contribution >= 0.6 is 0 Å². The first kappa shape index (κ1) is 19.6. The van der Waals surface area contributed by atoms with Gasteiger partial charge >= 0.3 is 0 Å². The van der Waals surface area contributed by atoms with Gasteiger partial charge < -0.3 is 15.2 Å². The third-order valence-electron chi connectivity index (χ3n) is 6.48. The van der Waals surface area contributed by atoms with Gasteiger partial charge in [-0.25, -0.2) is 0 Å². The number of fused-ring (bicyclic) bond motifs is 1. The van der Waals surface area contributed by atoms with E-state index in [9.17, 15) is 5.11 Å². The molecule has 0 unspecified atom stereocenters. The van der Waals surface area contributed by atoms with Crippen molar-refractivity contribution in [2.24, 2.45) is 17.3 Å². The van der Waals surface area contributed by atoms with Crippen LogP contribution in [-0.4, -0.2) is 47.3 Å². The summed E-state index contributed by atoms with van der Waals surface area (Å²) in [5, 5.41) is 16.8. The Hall–Kier alpha value is -1.17. The van der Waals surface area contributed by atoms with Crippen LogP contribution in [-0.2, 0) is 11.3 Å². The average molecular weight is 363 g/mol. The zero-order valence-electron chi connectivity index (χ0n) is 16.9. The second-order valence-electron chi connectivity index (χ2n) is 8.81. The van der Waals surface area contributed by atoms with Gasteiger partial charge in [0.25, 0.3) is 0 Å². The highest BCUT2D eigenvalue weighted by molar-refractivity contribution is 5.23. The van der Waals surface area contributed by atoms with Gasteiger partial charge in [0.05, 0.1) is 25.5 Å². The minimum Gasteiger partial charge on any atom is -0.385 e. The topological polar surface area (TPSA) is 63.9 Å². The Kier molecular flexibility index (Phi) is 6.21. The number of hydrogen-bond acceptors (Lipinski definition) is 3. The Morgan fingerprint density at radius 3 is 2.88 bits per heavy atom. The van der Waals surface area contributed by atoms with Crippen molar-refractivity contribution in [2.45, 2.75) is 59.6 Å². The van der Waals surface area contributed by atoms with Crippen LogP contribution in [0.2, 0.25) is 0 Å². The summed E-state index contributed by atoms with van der Waals surface area (Å²) in [4.78, 5) is 0. The van der Waals surface area contributed by atoms with Gasteiger partial charge in [-0.05, 0) is 55.6 Å². The van der Waals surface area contributed by atoms with E-state index in [0.717, 1.165) is 31.1 Å². The fraction of sp³-hybridized carbons (Fsp3) is 0.762. The first-order valence-corrected chi connectivity index (χ1v) is 10.2. The Labute approximate surface area is 157 Å². The van der Waals surface area contributed by atoms with Gasteiger partial charge in [0.15, 0.2) is 0 Å². The quantitative estimate of drug-likeness (QED) is 0.493. The molecule has 26 heavy (non-hydrogen) atoms. The number of aryl methyl sites for hydroxylation is 3. The van der Waals surface area contributed by atoms with Crippen molar-refractivity contribution < 1.29 is 15.2 Å². The molecule has 146 valence electrons. The van der Waals surface area contributed by atoms with Crippen LogP contribution in [0.15, 0.2) is 17.7 Å². The predicted molar refractivity (Wildman–Crippen MR) is 103 cm³/mol. The molecule has 4 rings (SSSR count). The zero-order valence-corrected chi connectivity index (χ0v) is 16.9. The summed E-state index contributed by atoms with van der Waals surface area (Å²) in [6.45, 7) is 12.7. The second kappa shape index (κ2) is 8.24. The van der Waals surface area contributed by atoms with Crippen LogP contribution in [0.5, 0.6) is 0 Å². The standard InChI is InChI=1S/C21H35N3O2/c1-15-10-16(2)24(23-15)9-5-8-22-12-19(25)14-26-13-17-6-7-18-11-20(17)21(18,3)4/h6,10,18-20,22,25H,5,7-9,11-14H2,1-4H3/p+1/t18-,19-,20-/m0/s1. The Morgan fingerprint density at radius 1 is 1.42 bits per heavy atom.